The maximum Gasteiger partial charge on any atom is 0.322 e. The van der Waals surface area contributed by atoms with E-state index in [1.54, 1.807) is 13.8 Å². The molecule has 0 aliphatic rings. The monoisotopic (exact) mass is 745 g/mol. The van der Waals surface area contributed by atoms with Crippen LogP contribution in [0.1, 0.15) is 59.8 Å². The normalized spacial score (nSPS) is 14.1. The van der Waals surface area contributed by atoms with Gasteiger partial charge in [0, 0.05) is 6.42 Å². The van der Waals surface area contributed by atoms with Crippen molar-refractivity contribution in [2.45, 2.75) is 96.1 Å². The summed E-state index contributed by atoms with van der Waals surface area (Å²) in [6.45, 7) is 4.32. The molecule has 0 saturated heterocycles. The Morgan fingerprint density at radius 3 is 1.42 bits per heavy atom. The second-order valence-corrected chi connectivity index (χ2v) is 11.9. The van der Waals surface area contributed by atoms with E-state index < -0.39 is 127 Å². The number of nitrogens with one attached hydrogen (secondary N) is 7. The Hall–Kier alpha value is -5.87. The van der Waals surface area contributed by atoms with Gasteiger partial charge in [0.1, 0.15) is 42.8 Å². The van der Waals surface area contributed by atoms with E-state index in [9.17, 15) is 57.8 Å². The summed E-state index contributed by atoms with van der Waals surface area (Å²) in [7, 11) is 0. The van der Waals surface area contributed by atoms with Crippen molar-refractivity contribution in [3.63, 3.8) is 0 Å². The van der Waals surface area contributed by atoms with Gasteiger partial charge >= 0.3 is 17.9 Å². The summed E-state index contributed by atoms with van der Waals surface area (Å²) >= 11 is 0. The Kier molecular flexibility index (Phi) is 20.2. The lowest BCUT2D eigenvalue weighted by atomic mass is 10.0. The average molecular weight is 746 g/mol. The number of carbonyl (C=O) groups is 11. The van der Waals surface area contributed by atoms with Crippen LogP contribution < -0.4 is 48.7 Å². The third-order valence-electron chi connectivity index (χ3n) is 6.80. The summed E-state index contributed by atoms with van der Waals surface area (Å²) in [6.07, 6.45) is -2.48. The molecule has 292 valence electrons. The SMILES string of the molecule is CC(C)C[C@H](NC(=O)[C@H](CCC(N)=O)NC(=O)CN)C(=O)N[C@@H](CC(=O)O)C(=O)N[C@@H](C)C(=O)N[C@@H](C)C(=O)N[C@@H](CC(=O)O)C(=O)NCC(=O)O. The summed E-state index contributed by atoms with van der Waals surface area (Å²) in [6, 6.07) is -9.11. The first kappa shape index (κ1) is 46.1. The van der Waals surface area contributed by atoms with Gasteiger partial charge in [-0.05, 0) is 32.6 Å². The molecule has 0 spiro atoms. The number of amides is 8. The van der Waals surface area contributed by atoms with Crippen molar-refractivity contribution in [3.05, 3.63) is 0 Å². The van der Waals surface area contributed by atoms with Crippen molar-refractivity contribution < 1.29 is 68.1 Å². The Morgan fingerprint density at radius 1 is 0.538 bits per heavy atom. The Morgan fingerprint density at radius 2 is 0.962 bits per heavy atom. The van der Waals surface area contributed by atoms with Crippen LogP contribution in [0.2, 0.25) is 0 Å². The van der Waals surface area contributed by atoms with Gasteiger partial charge in [0.05, 0.1) is 19.4 Å². The molecule has 0 bridgehead atoms. The van der Waals surface area contributed by atoms with Crippen LogP contribution in [0.15, 0.2) is 0 Å². The zero-order valence-corrected chi connectivity index (χ0v) is 29.0. The number of nitrogens with two attached hydrogens (primary N) is 2. The largest absolute Gasteiger partial charge is 0.481 e. The van der Waals surface area contributed by atoms with Gasteiger partial charge in [0.2, 0.25) is 47.3 Å². The molecule has 0 aliphatic heterocycles. The van der Waals surface area contributed by atoms with E-state index in [1.165, 1.54) is 0 Å². The van der Waals surface area contributed by atoms with E-state index in [1.807, 2.05) is 5.32 Å². The molecule has 0 rings (SSSR count). The fraction of sp³-hybridized carbons (Fsp3) is 0.621. The molecule has 0 saturated carbocycles. The highest BCUT2D eigenvalue weighted by Crippen LogP contribution is 2.08. The zero-order chi connectivity index (χ0) is 40.3. The summed E-state index contributed by atoms with van der Waals surface area (Å²) in [5.41, 5.74) is 10.4. The zero-order valence-electron chi connectivity index (χ0n) is 29.0. The molecule has 23 nitrogen and oxygen atoms in total. The van der Waals surface area contributed by atoms with Crippen LogP contribution in [0.5, 0.6) is 0 Å². The van der Waals surface area contributed by atoms with Gasteiger partial charge in [-0.25, -0.2) is 0 Å². The number of aliphatic carboxylic acids is 3. The van der Waals surface area contributed by atoms with Gasteiger partial charge < -0.3 is 64.0 Å². The molecule has 0 heterocycles. The van der Waals surface area contributed by atoms with E-state index in [4.69, 9.17) is 21.7 Å². The minimum Gasteiger partial charge on any atom is -0.481 e. The smallest absolute Gasteiger partial charge is 0.322 e. The minimum absolute atomic E-state index is 0.0281. The first-order valence-electron chi connectivity index (χ1n) is 15.8. The summed E-state index contributed by atoms with van der Waals surface area (Å²) in [5.74, 6) is -12.5. The number of primary amides is 1. The van der Waals surface area contributed by atoms with E-state index in [2.05, 4.69) is 31.9 Å². The molecular weight excluding hydrogens is 698 g/mol. The third kappa shape index (κ3) is 18.8. The predicted molar refractivity (Wildman–Crippen MR) is 175 cm³/mol. The number of carboxylic acids is 3. The number of carbonyl (C=O) groups excluding carboxylic acids is 8. The fourth-order valence-electron chi connectivity index (χ4n) is 4.19. The van der Waals surface area contributed by atoms with Gasteiger partial charge in [-0.15, -0.1) is 0 Å². The van der Waals surface area contributed by atoms with E-state index in [-0.39, 0.29) is 25.2 Å². The standard InChI is InChI=1S/C29H47N9O14/c1-12(2)7-16(37-27(50)15(5-6-19(31)39)35-20(40)10-30)29(52)38-18(9-22(43)44)28(51)34-13(3)24(47)33-14(4)25(48)36-17(8-21(41)42)26(49)32-11-23(45)46/h12-18H,5-11,30H2,1-4H3,(H2,31,39)(H,32,49)(H,33,47)(H,34,51)(H,35,40)(H,36,48)(H,37,50)(H,38,52)(H,41,42)(H,43,44)(H,45,46)/t13-,14-,15-,16-,17-,18-/m0/s1. The first-order valence-corrected chi connectivity index (χ1v) is 15.8. The molecule has 23 heteroatoms. The van der Waals surface area contributed by atoms with Crippen LogP contribution in [-0.2, 0) is 52.7 Å². The Balaban J connectivity index is 5.75. The van der Waals surface area contributed by atoms with E-state index >= 15 is 0 Å². The van der Waals surface area contributed by atoms with Crippen LogP contribution in [0.25, 0.3) is 0 Å². The molecule has 0 aliphatic carbocycles. The topological polar surface area (TPSA) is 385 Å². The second kappa shape index (κ2) is 22.8. The average Bonchev–Trinajstić information content (AvgIpc) is 3.03. The van der Waals surface area contributed by atoms with Gasteiger partial charge in [-0.2, -0.15) is 0 Å². The summed E-state index contributed by atoms with van der Waals surface area (Å²) < 4.78 is 0. The number of rotatable bonds is 24. The van der Waals surface area contributed by atoms with E-state index in [0.717, 1.165) is 13.8 Å². The van der Waals surface area contributed by atoms with Crippen LogP contribution in [-0.4, -0.2) is 130 Å². The maximum absolute atomic E-state index is 13.3. The highest BCUT2D eigenvalue weighted by Gasteiger charge is 2.33. The predicted octanol–water partition coefficient (Wildman–Crippen LogP) is -5.64. The van der Waals surface area contributed by atoms with Crippen molar-refractivity contribution >= 4 is 65.2 Å². The van der Waals surface area contributed by atoms with Crippen molar-refractivity contribution in [1.29, 1.82) is 0 Å². The molecule has 52 heavy (non-hydrogen) atoms. The van der Waals surface area contributed by atoms with Crippen molar-refractivity contribution in [2.24, 2.45) is 17.4 Å². The second-order valence-electron chi connectivity index (χ2n) is 11.9. The number of hydrogen-bond acceptors (Lipinski definition) is 12. The van der Waals surface area contributed by atoms with Crippen LogP contribution in [0, 0.1) is 5.92 Å². The maximum atomic E-state index is 13.3. The van der Waals surface area contributed by atoms with Crippen molar-refractivity contribution in [2.75, 3.05) is 13.1 Å². The summed E-state index contributed by atoms with van der Waals surface area (Å²) in [4.78, 5) is 134. The molecule has 0 fully saturated rings. The molecule has 0 aromatic carbocycles. The van der Waals surface area contributed by atoms with Crippen molar-refractivity contribution in [1.82, 2.24) is 37.2 Å². The Labute approximate surface area is 297 Å². The molecular formula is C29H47N9O14. The molecule has 0 aromatic heterocycles. The number of hydrogen-bond donors (Lipinski definition) is 12. The van der Waals surface area contributed by atoms with Crippen molar-refractivity contribution in [3.8, 4) is 0 Å². The molecule has 8 amide bonds. The third-order valence-corrected chi connectivity index (χ3v) is 6.80. The first-order chi connectivity index (χ1) is 24.1. The minimum atomic E-state index is -1.80. The lowest BCUT2D eigenvalue weighted by Gasteiger charge is -2.26. The van der Waals surface area contributed by atoms with Crippen LogP contribution >= 0.6 is 0 Å². The summed E-state index contributed by atoms with van der Waals surface area (Å²) in [5, 5.41) is 42.5. The molecule has 6 atom stereocenters. The van der Waals surface area contributed by atoms with Crippen LogP contribution in [0.4, 0.5) is 0 Å². The highest BCUT2D eigenvalue weighted by molar-refractivity contribution is 5.98. The number of carboxylic acid groups (broad SMARTS) is 3. The van der Waals surface area contributed by atoms with Gasteiger partial charge in [0.15, 0.2) is 0 Å². The lowest BCUT2D eigenvalue weighted by molar-refractivity contribution is -0.142. The molecule has 0 unspecified atom stereocenters. The van der Waals surface area contributed by atoms with Gasteiger partial charge in [-0.1, -0.05) is 13.8 Å². The van der Waals surface area contributed by atoms with Gasteiger partial charge in [-0.3, -0.25) is 52.7 Å². The molecule has 0 radical (unpaired) electrons. The fourth-order valence-corrected chi connectivity index (χ4v) is 4.19. The highest BCUT2D eigenvalue weighted by atomic mass is 16.4. The quantitative estimate of drug-likeness (QED) is 0.0438. The Bertz CT molecular complexity index is 1370. The van der Waals surface area contributed by atoms with E-state index in [0.29, 0.717) is 0 Å². The molecule has 14 N–H and O–H groups in total. The van der Waals surface area contributed by atoms with Gasteiger partial charge in [0.25, 0.3) is 0 Å². The molecule has 0 aromatic rings. The van der Waals surface area contributed by atoms with Crippen LogP contribution in [0.3, 0.4) is 0 Å². The lowest BCUT2D eigenvalue weighted by Crippen LogP contribution is -2.59.